The largest absolute Gasteiger partial charge is 0.451 e. The summed E-state index contributed by atoms with van der Waals surface area (Å²) >= 11 is 0. The van der Waals surface area contributed by atoms with Gasteiger partial charge >= 0.3 is 0 Å². The summed E-state index contributed by atoms with van der Waals surface area (Å²) in [6.45, 7) is 4.60. The number of rotatable bonds is 4. The van der Waals surface area contributed by atoms with Crippen LogP contribution < -0.4 is 0 Å². The maximum absolute atomic E-state index is 12.3. The van der Waals surface area contributed by atoms with E-state index in [1.165, 1.54) is 0 Å². The molecule has 0 radical (unpaired) electrons. The summed E-state index contributed by atoms with van der Waals surface area (Å²) in [4.78, 5) is 13.9. The highest BCUT2D eigenvalue weighted by molar-refractivity contribution is 5.98. The monoisotopic (exact) mass is 247 g/mol. The number of hydrogen-bond acceptors (Lipinski definition) is 3. The Morgan fingerprint density at radius 3 is 2.72 bits per heavy atom. The number of carbonyl (C=O) groups is 1. The first-order valence-electron chi connectivity index (χ1n) is 6.07. The van der Waals surface area contributed by atoms with Crippen LogP contribution >= 0.6 is 0 Å². The Morgan fingerprint density at radius 1 is 1.39 bits per heavy atom. The minimum atomic E-state index is -0.166. The van der Waals surface area contributed by atoms with E-state index in [4.69, 9.17) is 9.52 Å². The van der Waals surface area contributed by atoms with Crippen LogP contribution in [0.25, 0.3) is 11.0 Å². The van der Waals surface area contributed by atoms with Crippen LogP contribution in [-0.4, -0.2) is 35.6 Å². The van der Waals surface area contributed by atoms with E-state index in [-0.39, 0.29) is 12.5 Å². The summed E-state index contributed by atoms with van der Waals surface area (Å²) < 4.78 is 5.62. The molecule has 0 unspecified atom stereocenters. The van der Waals surface area contributed by atoms with Crippen LogP contribution in [0.1, 0.15) is 23.0 Å². The van der Waals surface area contributed by atoms with Gasteiger partial charge in [-0.05, 0) is 19.9 Å². The minimum absolute atomic E-state index is 0.0428. The number of amides is 1. The SMILES string of the molecule is CCN(CCO)C(=O)c1oc2ccccc2c1C. The highest BCUT2D eigenvalue weighted by atomic mass is 16.3. The van der Waals surface area contributed by atoms with E-state index in [1.54, 1.807) is 4.90 Å². The van der Waals surface area contributed by atoms with Crippen LogP contribution in [-0.2, 0) is 0 Å². The molecule has 1 N–H and O–H groups in total. The molecule has 0 bridgehead atoms. The number of benzene rings is 1. The van der Waals surface area contributed by atoms with Gasteiger partial charge in [0.2, 0.25) is 0 Å². The van der Waals surface area contributed by atoms with E-state index in [0.29, 0.717) is 18.8 Å². The van der Waals surface area contributed by atoms with Crippen molar-refractivity contribution in [3.63, 3.8) is 0 Å². The zero-order valence-corrected chi connectivity index (χ0v) is 10.6. The Morgan fingerprint density at radius 2 is 2.11 bits per heavy atom. The molecular formula is C14H17NO3. The number of para-hydroxylation sites is 1. The molecule has 0 saturated heterocycles. The molecule has 1 aromatic heterocycles. The smallest absolute Gasteiger partial charge is 0.289 e. The van der Waals surface area contributed by atoms with Gasteiger partial charge in [-0.15, -0.1) is 0 Å². The highest BCUT2D eigenvalue weighted by Gasteiger charge is 2.21. The van der Waals surface area contributed by atoms with Crippen molar-refractivity contribution in [1.29, 1.82) is 0 Å². The lowest BCUT2D eigenvalue weighted by Crippen LogP contribution is -2.33. The number of likely N-dealkylation sites (N-methyl/N-ethyl adjacent to an activating group) is 1. The molecule has 0 saturated carbocycles. The summed E-state index contributed by atoms with van der Waals surface area (Å²) in [5, 5.41) is 9.91. The maximum Gasteiger partial charge on any atom is 0.289 e. The average molecular weight is 247 g/mol. The van der Waals surface area contributed by atoms with E-state index in [0.717, 1.165) is 16.5 Å². The second-order valence-electron chi connectivity index (χ2n) is 4.16. The van der Waals surface area contributed by atoms with Gasteiger partial charge in [-0.3, -0.25) is 4.79 Å². The fraction of sp³-hybridized carbons (Fsp3) is 0.357. The van der Waals surface area contributed by atoms with E-state index in [1.807, 2.05) is 38.1 Å². The number of aryl methyl sites for hydroxylation is 1. The molecule has 0 aliphatic heterocycles. The zero-order chi connectivity index (χ0) is 13.1. The molecule has 0 spiro atoms. The van der Waals surface area contributed by atoms with Gasteiger partial charge in [-0.25, -0.2) is 0 Å². The van der Waals surface area contributed by atoms with Gasteiger partial charge < -0.3 is 14.4 Å². The molecule has 0 aliphatic carbocycles. The lowest BCUT2D eigenvalue weighted by Gasteiger charge is -2.18. The van der Waals surface area contributed by atoms with Crippen molar-refractivity contribution in [2.45, 2.75) is 13.8 Å². The van der Waals surface area contributed by atoms with Crippen LogP contribution in [0.5, 0.6) is 0 Å². The number of nitrogens with zero attached hydrogens (tertiary/aromatic N) is 1. The van der Waals surface area contributed by atoms with Gasteiger partial charge in [-0.2, -0.15) is 0 Å². The normalized spacial score (nSPS) is 10.8. The third-order valence-electron chi connectivity index (χ3n) is 3.08. The van der Waals surface area contributed by atoms with Crippen molar-refractivity contribution in [3.8, 4) is 0 Å². The lowest BCUT2D eigenvalue weighted by molar-refractivity contribution is 0.0701. The molecular weight excluding hydrogens is 230 g/mol. The summed E-state index contributed by atoms with van der Waals surface area (Å²) in [7, 11) is 0. The summed E-state index contributed by atoms with van der Waals surface area (Å²) in [5.74, 6) is 0.201. The number of aliphatic hydroxyl groups excluding tert-OH is 1. The Balaban J connectivity index is 2.41. The van der Waals surface area contributed by atoms with E-state index < -0.39 is 0 Å². The number of carbonyl (C=O) groups excluding carboxylic acids is 1. The van der Waals surface area contributed by atoms with Crippen molar-refractivity contribution >= 4 is 16.9 Å². The zero-order valence-electron chi connectivity index (χ0n) is 10.6. The van der Waals surface area contributed by atoms with Gasteiger partial charge in [-0.1, -0.05) is 18.2 Å². The molecule has 1 aromatic carbocycles. The van der Waals surface area contributed by atoms with Crippen molar-refractivity contribution in [2.75, 3.05) is 19.7 Å². The van der Waals surface area contributed by atoms with Gasteiger partial charge in [0.05, 0.1) is 6.61 Å². The van der Waals surface area contributed by atoms with Crippen molar-refractivity contribution in [3.05, 3.63) is 35.6 Å². The van der Waals surface area contributed by atoms with E-state index >= 15 is 0 Å². The van der Waals surface area contributed by atoms with Crippen molar-refractivity contribution in [1.82, 2.24) is 4.90 Å². The summed E-state index contributed by atoms with van der Waals surface area (Å²) in [6, 6.07) is 7.59. The minimum Gasteiger partial charge on any atom is -0.451 e. The predicted octanol–water partition coefficient (Wildman–Crippen LogP) is 2.20. The first kappa shape index (κ1) is 12.6. The number of fused-ring (bicyclic) bond motifs is 1. The first-order valence-corrected chi connectivity index (χ1v) is 6.07. The Kier molecular flexibility index (Phi) is 3.67. The quantitative estimate of drug-likeness (QED) is 0.901. The molecule has 2 rings (SSSR count). The van der Waals surface area contributed by atoms with Crippen LogP contribution in [0.3, 0.4) is 0 Å². The Bertz CT molecular complexity index is 559. The van der Waals surface area contributed by atoms with Gasteiger partial charge in [0.15, 0.2) is 5.76 Å². The second kappa shape index (κ2) is 5.23. The average Bonchev–Trinajstić information content (AvgIpc) is 2.73. The van der Waals surface area contributed by atoms with Crippen molar-refractivity contribution in [2.24, 2.45) is 0 Å². The maximum atomic E-state index is 12.3. The number of hydrogen-bond donors (Lipinski definition) is 1. The first-order chi connectivity index (χ1) is 8.69. The van der Waals surface area contributed by atoms with Gasteiger partial charge in [0, 0.05) is 24.0 Å². The standard InChI is InChI=1S/C14H17NO3/c1-3-15(8-9-16)14(17)13-10(2)11-6-4-5-7-12(11)18-13/h4-7,16H,3,8-9H2,1-2H3. The summed E-state index contributed by atoms with van der Waals surface area (Å²) in [5.41, 5.74) is 1.57. The van der Waals surface area contributed by atoms with E-state index in [2.05, 4.69) is 0 Å². The van der Waals surface area contributed by atoms with Crippen LogP contribution in [0.4, 0.5) is 0 Å². The third-order valence-corrected chi connectivity index (χ3v) is 3.08. The van der Waals surface area contributed by atoms with Gasteiger partial charge in [0.1, 0.15) is 5.58 Å². The van der Waals surface area contributed by atoms with Crippen LogP contribution in [0.15, 0.2) is 28.7 Å². The lowest BCUT2D eigenvalue weighted by atomic mass is 10.1. The molecule has 0 atom stereocenters. The Labute approximate surface area is 106 Å². The Hall–Kier alpha value is -1.81. The summed E-state index contributed by atoms with van der Waals surface area (Å²) in [6.07, 6.45) is 0. The van der Waals surface area contributed by atoms with Crippen molar-refractivity contribution < 1.29 is 14.3 Å². The molecule has 1 heterocycles. The highest BCUT2D eigenvalue weighted by Crippen LogP contribution is 2.25. The molecule has 4 nitrogen and oxygen atoms in total. The molecule has 2 aromatic rings. The van der Waals surface area contributed by atoms with Gasteiger partial charge in [0.25, 0.3) is 5.91 Å². The molecule has 18 heavy (non-hydrogen) atoms. The number of furan rings is 1. The predicted molar refractivity (Wildman–Crippen MR) is 69.6 cm³/mol. The van der Waals surface area contributed by atoms with Crippen LogP contribution in [0, 0.1) is 6.92 Å². The number of aliphatic hydroxyl groups is 1. The molecule has 1 amide bonds. The fourth-order valence-electron chi connectivity index (χ4n) is 2.05. The molecule has 96 valence electrons. The molecule has 0 fully saturated rings. The third kappa shape index (κ3) is 2.11. The van der Waals surface area contributed by atoms with E-state index in [9.17, 15) is 4.79 Å². The topological polar surface area (TPSA) is 53.7 Å². The van der Waals surface area contributed by atoms with Crippen LogP contribution in [0.2, 0.25) is 0 Å². The molecule has 4 heteroatoms. The molecule has 0 aliphatic rings. The fourth-order valence-corrected chi connectivity index (χ4v) is 2.05. The second-order valence-corrected chi connectivity index (χ2v) is 4.16.